The van der Waals surface area contributed by atoms with Gasteiger partial charge in [0.2, 0.25) is 11.7 Å². The first kappa shape index (κ1) is 12.3. The number of benzene rings is 1. The highest BCUT2D eigenvalue weighted by atomic mass is 16.5. The summed E-state index contributed by atoms with van der Waals surface area (Å²) in [5.41, 5.74) is 7.64. The number of piperidine rings is 1. The van der Waals surface area contributed by atoms with Crippen LogP contribution >= 0.6 is 0 Å². The van der Waals surface area contributed by atoms with Crippen LogP contribution in [0.5, 0.6) is 0 Å². The third kappa shape index (κ3) is 2.67. The lowest BCUT2D eigenvalue weighted by Gasteiger charge is -2.19. The van der Waals surface area contributed by atoms with Gasteiger partial charge in [0.1, 0.15) is 0 Å². The van der Waals surface area contributed by atoms with Crippen molar-refractivity contribution < 1.29 is 4.52 Å². The van der Waals surface area contributed by atoms with E-state index in [-0.39, 0.29) is 6.04 Å². The molecule has 0 spiro atoms. The van der Waals surface area contributed by atoms with Gasteiger partial charge in [0.25, 0.3) is 0 Å². The number of aromatic nitrogens is 2. The maximum atomic E-state index is 5.58. The summed E-state index contributed by atoms with van der Waals surface area (Å²) in [6.45, 7) is 1.57. The third-order valence-corrected chi connectivity index (χ3v) is 3.50. The van der Waals surface area contributed by atoms with Gasteiger partial charge in [-0.3, -0.25) is 0 Å². The first-order chi connectivity index (χ1) is 9.36. The van der Waals surface area contributed by atoms with Crippen molar-refractivity contribution in [2.45, 2.75) is 31.8 Å². The molecule has 3 rings (SSSR count). The number of hydrogen-bond acceptors (Lipinski definition) is 5. The highest BCUT2D eigenvalue weighted by Crippen LogP contribution is 2.24. The maximum Gasteiger partial charge on any atom is 0.244 e. The number of hydrogen-bond donors (Lipinski definition) is 2. The Bertz CT molecular complexity index is 529. The Morgan fingerprint density at radius 2 is 2.11 bits per heavy atom. The van der Waals surface area contributed by atoms with Crippen LogP contribution < -0.4 is 11.1 Å². The lowest BCUT2D eigenvalue weighted by molar-refractivity contribution is 0.297. The molecule has 1 unspecified atom stereocenters. The number of nitrogens with zero attached hydrogens (tertiary/aromatic N) is 2. The highest BCUT2D eigenvalue weighted by Gasteiger charge is 2.21. The normalized spacial score (nSPS) is 19.5. The molecule has 1 saturated heterocycles. The third-order valence-electron chi connectivity index (χ3n) is 3.50. The largest absolute Gasteiger partial charge is 0.337 e. The minimum Gasteiger partial charge on any atom is -0.337 e. The van der Waals surface area contributed by atoms with Crippen molar-refractivity contribution in [3.8, 4) is 11.4 Å². The van der Waals surface area contributed by atoms with Crippen LogP contribution in [0.25, 0.3) is 11.4 Å². The molecule has 3 N–H and O–H groups in total. The van der Waals surface area contributed by atoms with Gasteiger partial charge in [-0.05, 0) is 24.9 Å². The first-order valence-electron chi connectivity index (χ1n) is 6.73. The molecule has 1 aliphatic rings. The Labute approximate surface area is 112 Å². The van der Waals surface area contributed by atoms with Gasteiger partial charge >= 0.3 is 0 Å². The molecule has 0 radical (unpaired) electrons. The van der Waals surface area contributed by atoms with Gasteiger partial charge in [-0.25, -0.2) is 0 Å². The van der Waals surface area contributed by atoms with Gasteiger partial charge in [0.05, 0.1) is 6.04 Å². The molecule has 1 aromatic heterocycles. The van der Waals surface area contributed by atoms with Crippen LogP contribution in [0.2, 0.25) is 0 Å². The number of nitrogens with two attached hydrogens (primary N) is 1. The molecule has 0 saturated carbocycles. The molecule has 0 amide bonds. The van der Waals surface area contributed by atoms with Crippen molar-refractivity contribution in [2.24, 2.45) is 5.73 Å². The lowest BCUT2D eigenvalue weighted by Crippen LogP contribution is -2.26. The summed E-state index contributed by atoms with van der Waals surface area (Å²) < 4.78 is 5.37. The van der Waals surface area contributed by atoms with Crippen LogP contribution in [-0.4, -0.2) is 16.7 Å². The van der Waals surface area contributed by atoms with Crippen molar-refractivity contribution in [1.29, 1.82) is 0 Å². The predicted molar refractivity (Wildman–Crippen MR) is 72.2 cm³/mol. The Balaban J connectivity index is 1.79. The van der Waals surface area contributed by atoms with E-state index in [0.717, 1.165) is 24.1 Å². The zero-order valence-corrected chi connectivity index (χ0v) is 10.8. The summed E-state index contributed by atoms with van der Waals surface area (Å²) in [6.07, 6.45) is 3.49. The summed E-state index contributed by atoms with van der Waals surface area (Å²) >= 11 is 0. The molecule has 1 aliphatic heterocycles. The molecule has 1 fully saturated rings. The van der Waals surface area contributed by atoms with E-state index < -0.39 is 0 Å². The molecule has 1 atom stereocenters. The van der Waals surface area contributed by atoms with E-state index in [2.05, 4.69) is 15.5 Å². The summed E-state index contributed by atoms with van der Waals surface area (Å²) in [5, 5.41) is 7.47. The van der Waals surface area contributed by atoms with E-state index in [4.69, 9.17) is 10.3 Å². The van der Waals surface area contributed by atoms with E-state index >= 15 is 0 Å². The summed E-state index contributed by atoms with van der Waals surface area (Å²) in [7, 11) is 0. The average molecular weight is 258 g/mol. The van der Waals surface area contributed by atoms with Crippen molar-refractivity contribution in [1.82, 2.24) is 15.5 Å². The molecule has 1 aromatic carbocycles. The summed E-state index contributed by atoms with van der Waals surface area (Å²) in [4.78, 5) is 4.49. The van der Waals surface area contributed by atoms with Crippen molar-refractivity contribution >= 4 is 0 Å². The SMILES string of the molecule is NCc1ccc(-c2noc(C3CCCCN3)n2)cc1. The van der Waals surface area contributed by atoms with Gasteiger partial charge in [0.15, 0.2) is 0 Å². The molecule has 0 aliphatic carbocycles. The molecule has 0 bridgehead atoms. The molecule has 19 heavy (non-hydrogen) atoms. The fraction of sp³-hybridized carbons (Fsp3) is 0.429. The molecule has 5 nitrogen and oxygen atoms in total. The molecule has 100 valence electrons. The van der Waals surface area contributed by atoms with Gasteiger partial charge in [0, 0.05) is 12.1 Å². The predicted octanol–water partition coefficient (Wildman–Crippen LogP) is 2.01. The fourth-order valence-electron chi connectivity index (χ4n) is 2.35. The molecule has 2 heterocycles. The van der Waals surface area contributed by atoms with E-state index in [1.165, 1.54) is 12.8 Å². The number of rotatable bonds is 3. The zero-order valence-electron chi connectivity index (χ0n) is 10.8. The minimum absolute atomic E-state index is 0.207. The zero-order chi connectivity index (χ0) is 13.1. The van der Waals surface area contributed by atoms with Gasteiger partial charge in [-0.1, -0.05) is 35.8 Å². The quantitative estimate of drug-likeness (QED) is 0.880. The Kier molecular flexibility index (Phi) is 3.57. The van der Waals surface area contributed by atoms with Gasteiger partial charge in [-0.2, -0.15) is 4.98 Å². The Hall–Kier alpha value is -1.72. The highest BCUT2D eigenvalue weighted by molar-refractivity contribution is 5.54. The van der Waals surface area contributed by atoms with E-state index in [0.29, 0.717) is 18.3 Å². The molecule has 5 heteroatoms. The van der Waals surface area contributed by atoms with Crippen LogP contribution in [0, 0.1) is 0 Å². The second-order valence-electron chi connectivity index (χ2n) is 4.86. The molecular formula is C14H18N4O. The minimum atomic E-state index is 0.207. The average Bonchev–Trinajstić information content (AvgIpc) is 2.98. The van der Waals surface area contributed by atoms with Crippen LogP contribution in [0.4, 0.5) is 0 Å². The topological polar surface area (TPSA) is 77.0 Å². The summed E-state index contributed by atoms with van der Waals surface area (Å²) in [5.74, 6) is 1.34. The number of nitrogens with one attached hydrogen (secondary N) is 1. The monoisotopic (exact) mass is 258 g/mol. The lowest BCUT2D eigenvalue weighted by atomic mass is 10.1. The smallest absolute Gasteiger partial charge is 0.244 e. The standard InChI is InChI=1S/C14H18N4O/c15-9-10-4-6-11(7-5-10)13-17-14(19-18-13)12-3-1-2-8-16-12/h4-7,12,16H,1-3,8-9,15H2. The van der Waals surface area contributed by atoms with Crippen molar-refractivity contribution in [3.63, 3.8) is 0 Å². The maximum absolute atomic E-state index is 5.58. The Morgan fingerprint density at radius 3 is 2.79 bits per heavy atom. The second kappa shape index (κ2) is 5.50. The van der Waals surface area contributed by atoms with Gasteiger partial charge in [-0.15, -0.1) is 0 Å². The van der Waals surface area contributed by atoms with E-state index in [1.54, 1.807) is 0 Å². The fourth-order valence-corrected chi connectivity index (χ4v) is 2.35. The molecular weight excluding hydrogens is 240 g/mol. The second-order valence-corrected chi connectivity index (χ2v) is 4.86. The van der Waals surface area contributed by atoms with Crippen molar-refractivity contribution in [2.75, 3.05) is 6.54 Å². The van der Waals surface area contributed by atoms with Crippen LogP contribution in [0.3, 0.4) is 0 Å². The first-order valence-corrected chi connectivity index (χ1v) is 6.73. The van der Waals surface area contributed by atoms with Crippen LogP contribution in [-0.2, 0) is 6.54 Å². The van der Waals surface area contributed by atoms with Gasteiger partial charge < -0.3 is 15.6 Å². The van der Waals surface area contributed by atoms with E-state index in [9.17, 15) is 0 Å². The van der Waals surface area contributed by atoms with Crippen molar-refractivity contribution in [3.05, 3.63) is 35.7 Å². The summed E-state index contributed by atoms with van der Waals surface area (Å²) in [6, 6.07) is 8.14. The molecule has 2 aromatic rings. The van der Waals surface area contributed by atoms with E-state index in [1.807, 2.05) is 24.3 Å². The van der Waals surface area contributed by atoms with Crippen LogP contribution in [0.15, 0.2) is 28.8 Å². The Morgan fingerprint density at radius 1 is 1.26 bits per heavy atom. The van der Waals surface area contributed by atoms with Crippen LogP contribution in [0.1, 0.15) is 36.8 Å².